The second-order valence-electron chi connectivity index (χ2n) is 2.23. The van der Waals surface area contributed by atoms with E-state index in [1.54, 1.807) is 0 Å². The first-order valence-corrected chi connectivity index (χ1v) is 3.59. The number of allylic oxidation sites excluding steroid dienone is 8. The first kappa shape index (κ1) is 7.07. The molecule has 1 rings (SSSR count). The van der Waals surface area contributed by atoms with E-state index in [0.29, 0.717) is 0 Å². The minimum atomic E-state index is 1.05. The quantitative estimate of drug-likeness (QED) is 0.514. The molecule has 0 aromatic heterocycles. The Morgan fingerprint density at radius 3 is 3.10 bits per heavy atom. The van der Waals surface area contributed by atoms with Crippen LogP contribution in [0.25, 0.3) is 0 Å². The van der Waals surface area contributed by atoms with Crippen molar-refractivity contribution in [1.29, 1.82) is 0 Å². The summed E-state index contributed by atoms with van der Waals surface area (Å²) in [5.41, 5.74) is 1.27. The highest BCUT2D eigenvalue weighted by Gasteiger charge is 1.84. The molecule has 0 unspecified atom stereocenters. The van der Waals surface area contributed by atoms with E-state index in [1.165, 1.54) is 5.57 Å². The Morgan fingerprint density at radius 2 is 2.30 bits per heavy atom. The summed E-state index contributed by atoms with van der Waals surface area (Å²) in [6.45, 7) is 2.03. The summed E-state index contributed by atoms with van der Waals surface area (Å²) in [6, 6.07) is 0. The summed E-state index contributed by atoms with van der Waals surface area (Å²) in [5, 5.41) is 0. The Kier molecular flexibility index (Phi) is 2.75. The van der Waals surface area contributed by atoms with Crippen LogP contribution in [0.5, 0.6) is 0 Å². The smallest absolute Gasteiger partial charge is 0.0163 e. The Morgan fingerprint density at radius 1 is 1.40 bits per heavy atom. The molecule has 0 bridgehead atoms. The van der Waals surface area contributed by atoms with Crippen molar-refractivity contribution < 1.29 is 0 Å². The molecule has 0 aromatic rings. The van der Waals surface area contributed by atoms with Gasteiger partial charge in [-0.05, 0) is 18.9 Å². The molecule has 0 atom stereocenters. The molecule has 0 fully saturated rings. The third kappa shape index (κ3) is 2.06. The van der Waals surface area contributed by atoms with Crippen LogP contribution in [0.15, 0.2) is 48.1 Å². The van der Waals surface area contributed by atoms with Crippen molar-refractivity contribution >= 4 is 0 Å². The molecule has 10 heavy (non-hydrogen) atoms. The minimum absolute atomic E-state index is 1.05. The average molecular weight is 132 g/mol. The summed E-state index contributed by atoms with van der Waals surface area (Å²) in [7, 11) is 0. The van der Waals surface area contributed by atoms with Crippen molar-refractivity contribution in [2.24, 2.45) is 0 Å². The molecule has 52 valence electrons. The molecule has 0 aliphatic heterocycles. The number of hydrogen-bond acceptors (Lipinski definition) is 0. The molecule has 0 saturated heterocycles. The van der Waals surface area contributed by atoms with Gasteiger partial charge in [-0.15, -0.1) is 0 Å². The Hall–Kier alpha value is -1.04. The van der Waals surface area contributed by atoms with Gasteiger partial charge in [0.15, 0.2) is 0 Å². The highest BCUT2D eigenvalue weighted by molar-refractivity contribution is 5.35. The van der Waals surface area contributed by atoms with Gasteiger partial charge in [0.05, 0.1) is 0 Å². The maximum absolute atomic E-state index is 2.16. The average Bonchev–Trinajstić information content (AvgIpc) is 2.17. The van der Waals surface area contributed by atoms with Crippen LogP contribution < -0.4 is 0 Å². The molecule has 1 aliphatic carbocycles. The number of rotatable bonds is 1. The second kappa shape index (κ2) is 3.89. The first-order valence-electron chi connectivity index (χ1n) is 3.59. The SMILES string of the molecule is C/C=C/C1=CC=CCC=C1. The van der Waals surface area contributed by atoms with E-state index >= 15 is 0 Å². The Bertz CT molecular complexity index is 202. The van der Waals surface area contributed by atoms with E-state index in [9.17, 15) is 0 Å². The van der Waals surface area contributed by atoms with E-state index < -0.39 is 0 Å². The molecule has 0 radical (unpaired) electrons. The van der Waals surface area contributed by atoms with Gasteiger partial charge in [0.2, 0.25) is 0 Å². The third-order valence-electron chi connectivity index (χ3n) is 1.37. The van der Waals surface area contributed by atoms with Crippen LogP contribution in [-0.4, -0.2) is 0 Å². The standard InChI is InChI=1S/C10H12/c1-2-7-10-8-5-3-4-6-9-10/h2-3,5-9H,4H2,1H3/b7-2+. The molecule has 0 amide bonds. The van der Waals surface area contributed by atoms with Gasteiger partial charge in [-0.2, -0.15) is 0 Å². The van der Waals surface area contributed by atoms with Gasteiger partial charge in [-0.25, -0.2) is 0 Å². The molecule has 0 heterocycles. The van der Waals surface area contributed by atoms with Gasteiger partial charge < -0.3 is 0 Å². The molecule has 0 spiro atoms. The zero-order valence-corrected chi connectivity index (χ0v) is 6.25. The van der Waals surface area contributed by atoms with E-state index in [2.05, 4.69) is 42.5 Å². The lowest BCUT2D eigenvalue weighted by Crippen LogP contribution is -1.66. The molecule has 0 heteroatoms. The van der Waals surface area contributed by atoms with Crippen LogP contribution in [0.4, 0.5) is 0 Å². The summed E-state index contributed by atoms with van der Waals surface area (Å²) >= 11 is 0. The van der Waals surface area contributed by atoms with Crippen LogP contribution in [-0.2, 0) is 0 Å². The van der Waals surface area contributed by atoms with E-state index in [4.69, 9.17) is 0 Å². The molecule has 0 N–H and O–H groups in total. The van der Waals surface area contributed by atoms with E-state index in [1.807, 2.05) is 6.92 Å². The lowest BCUT2D eigenvalue weighted by Gasteiger charge is -1.86. The zero-order chi connectivity index (χ0) is 7.23. The monoisotopic (exact) mass is 132 g/mol. The van der Waals surface area contributed by atoms with E-state index in [-0.39, 0.29) is 0 Å². The first-order chi connectivity index (χ1) is 4.93. The Labute approximate surface area is 62.3 Å². The fraction of sp³-hybridized carbons (Fsp3) is 0.200. The predicted molar refractivity (Wildman–Crippen MR) is 45.8 cm³/mol. The van der Waals surface area contributed by atoms with Crippen molar-refractivity contribution in [2.75, 3.05) is 0 Å². The van der Waals surface area contributed by atoms with Gasteiger partial charge in [0.1, 0.15) is 0 Å². The van der Waals surface area contributed by atoms with Crippen molar-refractivity contribution in [3.63, 3.8) is 0 Å². The molecule has 0 aromatic carbocycles. The lowest BCUT2D eigenvalue weighted by atomic mass is 10.2. The summed E-state index contributed by atoms with van der Waals surface area (Å²) in [6.07, 6.45) is 15.9. The lowest BCUT2D eigenvalue weighted by molar-refractivity contribution is 1.40. The van der Waals surface area contributed by atoms with Crippen molar-refractivity contribution in [3.05, 3.63) is 48.1 Å². The van der Waals surface area contributed by atoms with Crippen LogP contribution >= 0.6 is 0 Å². The minimum Gasteiger partial charge on any atom is -0.0871 e. The van der Waals surface area contributed by atoms with Gasteiger partial charge in [0.25, 0.3) is 0 Å². The second-order valence-corrected chi connectivity index (χ2v) is 2.23. The third-order valence-corrected chi connectivity index (χ3v) is 1.37. The van der Waals surface area contributed by atoms with Crippen molar-refractivity contribution in [2.45, 2.75) is 13.3 Å². The fourth-order valence-corrected chi connectivity index (χ4v) is 0.900. The van der Waals surface area contributed by atoms with Gasteiger partial charge in [-0.3, -0.25) is 0 Å². The summed E-state index contributed by atoms with van der Waals surface area (Å²) < 4.78 is 0. The van der Waals surface area contributed by atoms with Crippen LogP contribution in [0.1, 0.15) is 13.3 Å². The molecule has 1 aliphatic rings. The summed E-state index contributed by atoms with van der Waals surface area (Å²) in [5.74, 6) is 0. The molecular formula is C10H12. The maximum Gasteiger partial charge on any atom is -0.0163 e. The largest absolute Gasteiger partial charge is 0.0871 e. The van der Waals surface area contributed by atoms with Gasteiger partial charge >= 0.3 is 0 Å². The van der Waals surface area contributed by atoms with Gasteiger partial charge in [-0.1, -0.05) is 42.5 Å². The zero-order valence-electron chi connectivity index (χ0n) is 6.25. The normalized spacial score (nSPS) is 17.5. The highest BCUT2D eigenvalue weighted by Crippen LogP contribution is 2.04. The molecular weight excluding hydrogens is 120 g/mol. The maximum atomic E-state index is 2.16. The summed E-state index contributed by atoms with van der Waals surface area (Å²) in [4.78, 5) is 0. The van der Waals surface area contributed by atoms with Crippen molar-refractivity contribution in [1.82, 2.24) is 0 Å². The Balaban J connectivity index is 2.73. The highest BCUT2D eigenvalue weighted by atomic mass is 13.9. The van der Waals surface area contributed by atoms with Crippen LogP contribution in [0.3, 0.4) is 0 Å². The predicted octanol–water partition coefficient (Wildman–Crippen LogP) is 3.01. The van der Waals surface area contributed by atoms with Gasteiger partial charge in [0, 0.05) is 0 Å². The topological polar surface area (TPSA) is 0 Å². The van der Waals surface area contributed by atoms with Crippen LogP contribution in [0.2, 0.25) is 0 Å². The van der Waals surface area contributed by atoms with E-state index in [0.717, 1.165) is 6.42 Å². The molecule has 0 nitrogen and oxygen atoms in total. The number of hydrogen-bond donors (Lipinski definition) is 0. The van der Waals surface area contributed by atoms with Crippen molar-refractivity contribution in [3.8, 4) is 0 Å². The van der Waals surface area contributed by atoms with Crippen LogP contribution in [0, 0.1) is 0 Å². The molecule has 0 saturated carbocycles. The fourth-order valence-electron chi connectivity index (χ4n) is 0.900.